The Morgan fingerprint density at radius 2 is 1.71 bits per heavy atom. The Labute approximate surface area is 146 Å². The van der Waals surface area contributed by atoms with E-state index in [1.807, 2.05) is 34.6 Å². The predicted octanol–water partition coefficient (Wildman–Crippen LogP) is 3.96. The summed E-state index contributed by atoms with van der Waals surface area (Å²) in [4.78, 5) is 14.3. The molecule has 5 nitrogen and oxygen atoms in total. The van der Waals surface area contributed by atoms with Crippen molar-refractivity contribution in [3.05, 3.63) is 11.5 Å². The fourth-order valence-electron chi connectivity index (χ4n) is 3.13. The van der Waals surface area contributed by atoms with Crippen LogP contribution in [0.3, 0.4) is 0 Å². The van der Waals surface area contributed by atoms with Gasteiger partial charge in [-0.2, -0.15) is 0 Å². The zero-order valence-corrected chi connectivity index (χ0v) is 16.6. The van der Waals surface area contributed by atoms with Crippen LogP contribution in [0.15, 0.2) is 11.5 Å². The molecule has 0 saturated carbocycles. The fraction of sp³-hybridized carbons (Fsp3) is 0.833. The predicted molar refractivity (Wildman–Crippen MR) is 95.8 cm³/mol. The third-order valence-electron chi connectivity index (χ3n) is 5.06. The van der Waals surface area contributed by atoms with E-state index in [0.717, 1.165) is 11.9 Å². The molecule has 2 aliphatic heterocycles. The second-order valence-electron chi connectivity index (χ2n) is 9.01. The van der Waals surface area contributed by atoms with Gasteiger partial charge < -0.3 is 14.0 Å². The summed E-state index contributed by atoms with van der Waals surface area (Å²) in [5.41, 5.74) is -0.0965. The Hall–Kier alpha value is -1.01. The molecule has 2 heterocycles. The van der Waals surface area contributed by atoms with Gasteiger partial charge in [0.2, 0.25) is 0 Å². The highest BCUT2D eigenvalue weighted by Gasteiger charge is 2.53. The molecule has 2 atom stereocenters. The first kappa shape index (κ1) is 19.3. The van der Waals surface area contributed by atoms with Crippen LogP contribution in [-0.4, -0.2) is 47.0 Å². The average Bonchev–Trinajstić information content (AvgIpc) is 2.55. The largest absolute Gasteiger partial charge is 0.490 e. The van der Waals surface area contributed by atoms with Crippen molar-refractivity contribution in [2.45, 2.75) is 97.6 Å². The van der Waals surface area contributed by atoms with Crippen LogP contribution in [0.25, 0.3) is 0 Å². The van der Waals surface area contributed by atoms with Crippen molar-refractivity contribution in [3.63, 3.8) is 0 Å². The zero-order valence-electron chi connectivity index (χ0n) is 16.6. The Morgan fingerprint density at radius 1 is 1.21 bits per heavy atom. The van der Waals surface area contributed by atoms with Gasteiger partial charge in [-0.1, -0.05) is 6.08 Å². The number of hydrogen-bond acceptors (Lipinski definition) is 4. The topological polar surface area (TPSA) is 48.0 Å². The Bertz CT molecular complexity index is 520. The summed E-state index contributed by atoms with van der Waals surface area (Å²) in [7, 11) is -0.347. The number of rotatable bonds is 1. The number of carbonyl (C=O) groups excluding carboxylic acids is 1. The number of carbonyl (C=O) groups is 1. The minimum atomic E-state index is -0.494. The van der Waals surface area contributed by atoms with Crippen LogP contribution in [0.1, 0.15) is 68.7 Å². The van der Waals surface area contributed by atoms with Crippen molar-refractivity contribution in [3.8, 4) is 0 Å². The molecule has 0 aromatic rings. The molecule has 0 spiro atoms. The van der Waals surface area contributed by atoms with Crippen LogP contribution in [0, 0.1) is 0 Å². The van der Waals surface area contributed by atoms with Crippen LogP contribution in [0.5, 0.6) is 0 Å². The highest BCUT2D eigenvalue weighted by Crippen LogP contribution is 2.40. The maximum absolute atomic E-state index is 12.5. The standard InChI is InChI=1S/C18H32BNO4/c1-12-10-14(19-23-17(6,7)18(8,9)24-19)11-13(2)20(12)15(21)22-16(3,4)5/h10,12-13H,11H2,1-9H3/t12-,13+/m1/s1. The van der Waals surface area contributed by atoms with E-state index >= 15 is 0 Å². The summed E-state index contributed by atoms with van der Waals surface area (Å²) in [5.74, 6) is 0. The first-order valence-electron chi connectivity index (χ1n) is 8.81. The maximum Gasteiger partial charge on any atom is 0.490 e. The minimum absolute atomic E-state index is 0.0360. The van der Waals surface area contributed by atoms with E-state index in [-0.39, 0.29) is 36.5 Å². The number of amides is 1. The summed E-state index contributed by atoms with van der Waals surface area (Å²) in [5, 5.41) is 0. The molecule has 2 rings (SSSR count). The van der Waals surface area contributed by atoms with Crippen LogP contribution < -0.4 is 0 Å². The normalized spacial score (nSPS) is 29.5. The first-order valence-corrected chi connectivity index (χ1v) is 8.81. The molecule has 0 aliphatic carbocycles. The molecule has 0 radical (unpaired) electrons. The van der Waals surface area contributed by atoms with Gasteiger partial charge in [-0.3, -0.25) is 4.90 Å². The molecule has 24 heavy (non-hydrogen) atoms. The van der Waals surface area contributed by atoms with E-state index in [0.29, 0.717) is 0 Å². The third kappa shape index (κ3) is 3.80. The molecule has 6 heteroatoms. The number of ether oxygens (including phenoxy) is 1. The van der Waals surface area contributed by atoms with Gasteiger partial charge in [-0.15, -0.1) is 0 Å². The lowest BCUT2D eigenvalue weighted by molar-refractivity contribution is 0.00578. The van der Waals surface area contributed by atoms with E-state index in [4.69, 9.17) is 14.0 Å². The van der Waals surface area contributed by atoms with E-state index in [9.17, 15) is 4.79 Å². The Balaban J connectivity index is 2.15. The molecular formula is C18H32BNO4. The van der Waals surface area contributed by atoms with Gasteiger partial charge in [-0.25, -0.2) is 4.79 Å². The van der Waals surface area contributed by atoms with Crippen LogP contribution in [-0.2, 0) is 14.0 Å². The van der Waals surface area contributed by atoms with E-state index < -0.39 is 5.60 Å². The van der Waals surface area contributed by atoms with E-state index in [1.54, 1.807) is 4.90 Å². The first-order chi connectivity index (χ1) is 10.7. The SMILES string of the molecule is C[C@@H]1C=C(B2OC(C)(C)C(C)(C)O2)C[C@H](C)N1C(=O)OC(C)(C)C. The monoisotopic (exact) mass is 337 g/mol. The summed E-state index contributed by atoms with van der Waals surface area (Å²) in [6.07, 6.45) is 2.53. The third-order valence-corrected chi connectivity index (χ3v) is 5.06. The lowest BCUT2D eigenvalue weighted by Gasteiger charge is -2.39. The number of hydrogen-bond donors (Lipinski definition) is 0. The van der Waals surface area contributed by atoms with Gasteiger partial charge in [-0.05, 0) is 74.2 Å². The average molecular weight is 337 g/mol. The van der Waals surface area contributed by atoms with Gasteiger partial charge >= 0.3 is 13.2 Å². The van der Waals surface area contributed by atoms with Crippen molar-refractivity contribution in [2.75, 3.05) is 0 Å². The molecule has 0 bridgehead atoms. The van der Waals surface area contributed by atoms with Gasteiger partial charge in [0, 0.05) is 6.04 Å². The molecule has 0 aromatic carbocycles. The van der Waals surface area contributed by atoms with Gasteiger partial charge in [0.15, 0.2) is 0 Å². The fourth-order valence-corrected chi connectivity index (χ4v) is 3.13. The van der Waals surface area contributed by atoms with Crippen molar-refractivity contribution < 1.29 is 18.8 Å². The van der Waals surface area contributed by atoms with Crippen LogP contribution >= 0.6 is 0 Å². The summed E-state index contributed by atoms with van der Waals surface area (Å²) in [6.45, 7) is 17.9. The van der Waals surface area contributed by atoms with Crippen molar-refractivity contribution >= 4 is 13.2 Å². The number of nitrogens with zero attached hydrogens (tertiary/aromatic N) is 1. The maximum atomic E-state index is 12.5. The Kier molecular flexibility index (Phi) is 4.88. The molecule has 0 N–H and O–H groups in total. The molecule has 2 aliphatic rings. The lowest BCUT2D eigenvalue weighted by Crippen LogP contribution is -2.50. The highest BCUT2D eigenvalue weighted by atomic mass is 16.7. The lowest BCUT2D eigenvalue weighted by atomic mass is 9.72. The smallest absolute Gasteiger partial charge is 0.444 e. The van der Waals surface area contributed by atoms with Gasteiger partial charge in [0.25, 0.3) is 0 Å². The molecular weight excluding hydrogens is 305 g/mol. The van der Waals surface area contributed by atoms with Gasteiger partial charge in [0.05, 0.1) is 17.2 Å². The van der Waals surface area contributed by atoms with E-state index in [1.165, 1.54) is 0 Å². The minimum Gasteiger partial charge on any atom is -0.444 e. The quantitative estimate of drug-likeness (QED) is 0.680. The van der Waals surface area contributed by atoms with Gasteiger partial charge in [0.1, 0.15) is 5.60 Å². The molecule has 0 aromatic heterocycles. The Morgan fingerprint density at radius 3 is 2.12 bits per heavy atom. The van der Waals surface area contributed by atoms with Crippen LogP contribution in [0.2, 0.25) is 0 Å². The summed E-state index contributed by atoms with van der Waals surface area (Å²) < 4.78 is 17.8. The summed E-state index contributed by atoms with van der Waals surface area (Å²) in [6, 6.07) is -0.0218. The molecule has 1 saturated heterocycles. The van der Waals surface area contributed by atoms with Crippen molar-refractivity contribution in [1.29, 1.82) is 0 Å². The molecule has 0 unspecified atom stereocenters. The van der Waals surface area contributed by atoms with Crippen LogP contribution in [0.4, 0.5) is 4.79 Å². The second kappa shape index (κ2) is 6.06. The molecule has 136 valence electrons. The van der Waals surface area contributed by atoms with Crippen molar-refractivity contribution in [2.24, 2.45) is 0 Å². The van der Waals surface area contributed by atoms with E-state index in [2.05, 4.69) is 33.8 Å². The zero-order chi connectivity index (χ0) is 18.5. The molecule has 1 amide bonds. The second-order valence-corrected chi connectivity index (χ2v) is 9.01. The summed E-state index contributed by atoms with van der Waals surface area (Å²) >= 11 is 0. The highest BCUT2D eigenvalue weighted by molar-refractivity contribution is 6.54. The van der Waals surface area contributed by atoms with Crippen molar-refractivity contribution in [1.82, 2.24) is 4.90 Å². The molecule has 1 fully saturated rings.